The highest BCUT2D eigenvalue weighted by atomic mass is 15.1. The quantitative estimate of drug-likeness (QED) is 0.767. The molecule has 0 aliphatic carbocycles. The smallest absolute Gasteiger partial charge is 0.170 e. The van der Waals surface area contributed by atoms with Gasteiger partial charge in [-0.15, -0.1) is 0 Å². The zero-order valence-electron chi connectivity index (χ0n) is 9.13. The number of H-pyrrole nitrogens is 1. The minimum absolute atomic E-state index is 0.401. The Kier molecular flexibility index (Phi) is 2.20. The molecule has 2 rings (SSSR count). The molecule has 0 saturated heterocycles. The molecular formula is C12H13N3. The second-order valence-corrected chi connectivity index (χ2v) is 4.06. The van der Waals surface area contributed by atoms with Gasteiger partial charge in [-0.1, -0.05) is 19.9 Å². The number of aromatic amines is 1. The van der Waals surface area contributed by atoms with Crippen LogP contribution in [0.25, 0.3) is 10.9 Å². The van der Waals surface area contributed by atoms with Gasteiger partial charge in [-0.25, -0.2) is 0 Å². The predicted molar refractivity (Wildman–Crippen MR) is 59.6 cm³/mol. The lowest BCUT2D eigenvalue weighted by Crippen LogP contribution is -1.93. The number of nitrogens with zero attached hydrogens (tertiary/aromatic N) is 2. The fourth-order valence-electron chi connectivity index (χ4n) is 2.07. The van der Waals surface area contributed by atoms with Gasteiger partial charge in [-0.2, -0.15) is 10.4 Å². The maximum atomic E-state index is 8.99. The number of aromatic nitrogens is 2. The molecule has 76 valence electrons. The summed E-state index contributed by atoms with van der Waals surface area (Å²) in [5, 5.41) is 16.9. The fraction of sp³-hybridized carbons (Fsp3) is 0.333. The molecule has 0 aliphatic rings. The van der Waals surface area contributed by atoms with Crippen LogP contribution in [0.2, 0.25) is 0 Å². The van der Waals surface area contributed by atoms with E-state index in [4.69, 9.17) is 5.26 Å². The second kappa shape index (κ2) is 3.39. The van der Waals surface area contributed by atoms with Crippen LogP contribution in [0.3, 0.4) is 0 Å². The van der Waals surface area contributed by atoms with Crippen LogP contribution in [0, 0.1) is 18.3 Å². The lowest BCUT2D eigenvalue weighted by molar-refractivity contribution is 0.866. The largest absolute Gasteiger partial charge is 0.276 e. The van der Waals surface area contributed by atoms with Gasteiger partial charge < -0.3 is 0 Å². The van der Waals surface area contributed by atoms with Gasteiger partial charge in [-0.3, -0.25) is 5.10 Å². The van der Waals surface area contributed by atoms with Crippen molar-refractivity contribution in [2.24, 2.45) is 0 Å². The van der Waals surface area contributed by atoms with Gasteiger partial charge in [0, 0.05) is 5.39 Å². The Bertz CT molecular complexity index is 544. The standard InChI is InChI=1S/C12H13N3/c1-7(2)11-8(3)4-5-9-12(11)10(6-13)15-14-9/h4-5,7H,1-3H3,(H,14,15). The molecule has 1 aromatic carbocycles. The molecule has 1 heterocycles. The second-order valence-electron chi connectivity index (χ2n) is 4.06. The maximum Gasteiger partial charge on any atom is 0.170 e. The highest BCUT2D eigenvalue weighted by molar-refractivity contribution is 5.88. The third kappa shape index (κ3) is 1.39. The predicted octanol–water partition coefficient (Wildman–Crippen LogP) is 2.87. The van der Waals surface area contributed by atoms with Gasteiger partial charge in [0.1, 0.15) is 6.07 Å². The molecular weight excluding hydrogens is 186 g/mol. The maximum absolute atomic E-state index is 8.99. The van der Waals surface area contributed by atoms with Crippen molar-refractivity contribution in [2.45, 2.75) is 26.7 Å². The number of nitrogens with one attached hydrogen (secondary N) is 1. The molecule has 3 heteroatoms. The van der Waals surface area contributed by atoms with Crippen molar-refractivity contribution in [1.29, 1.82) is 5.26 Å². The van der Waals surface area contributed by atoms with Crippen LogP contribution in [0.4, 0.5) is 0 Å². The number of benzene rings is 1. The SMILES string of the molecule is Cc1ccc2[nH]nc(C#N)c2c1C(C)C. The molecule has 0 spiro atoms. The Hall–Kier alpha value is -1.82. The molecule has 0 unspecified atom stereocenters. The summed E-state index contributed by atoms with van der Waals surface area (Å²) in [7, 11) is 0. The lowest BCUT2D eigenvalue weighted by Gasteiger charge is -2.10. The first kappa shape index (κ1) is 9.72. The summed E-state index contributed by atoms with van der Waals surface area (Å²) in [6, 6.07) is 6.17. The average molecular weight is 199 g/mol. The lowest BCUT2D eigenvalue weighted by atomic mass is 9.93. The van der Waals surface area contributed by atoms with Crippen molar-refractivity contribution in [2.75, 3.05) is 0 Å². The van der Waals surface area contributed by atoms with Crippen LogP contribution in [0.1, 0.15) is 36.6 Å². The number of fused-ring (bicyclic) bond motifs is 1. The van der Waals surface area contributed by atoms with Gasteiger partial charge in [0.15, 0.2) is 5.69 Å². The third-order valence-electron chi connectivity index (χ3n) is 2.67. The van der Waals surface area contributed by atoms with E-state index in [0.717, 1.165) is 10.9 Å². The van der Waals surface area contributed by atoms with Crippen molar-refractivity contribution in [3.8, 4) is 6.07 Å². The Labute approximate surface area is 88.7 Å². The first-order valence-electron chi connectivity index (χ1n) is 5.02. The van der Waals surface area contributed by atoms with Crippen LogP contribution >= 0.6 is 0 Å². The number of rotatable bonds is 1. The Morgan fingerprint density at radius 3 is 2.73 bits per heavy atom. The van der Waals surface area contributed by atoms with E-state index in [-0.39, 0.29) is 0 Å². The van der Waals surface area contributed by atoms with Crippen molar-refractivity contribution in [1.82, 2.24) is 10.2 Å². The fourth-order valence-corrected chi connectivity index (χ4v) is 2.07. The first-order chi connectivity index (χ1) is 7.15. The van der Waals surface area contributed by atoms with Gasteiger partial charge in [0.2, 0.25) is 0 Å². The number of nitriles is 1. The molecule has 0 saturated carbocycles. The molecule has 0 amide bonds. The molecule has 0 aliphatic heterocycles. The number of hydrogen-bond acceptors (Lipinski definition) is 2. The van der Waals surface area contributed by atoms with E-state index < -0.39 is 0 Å². The summed E-state index contributed by atoms with van der Waals surface area (Å²) >= 11 is 0. The highest BCUT2D eigenvalue weighted by Crippen LogP contribution is 2.29. The van der Waals surface area contributed by atoms with E-state index in [2.05, 4.69) is 43.1 Å². The van der Waals surface area contributed by atoms with Crippen LogP contribution in [-0.4, -0.2) is 10.2 Å². The van der Waals surface area contributed by atoms with Gasteiger partial charge in [0.05, 0.1) is 5.52 Å². The normalized spacial score (nSPS) is 10.9. The molecule has 3 nitrogen and oxygen atoms in total. The van der Waals surface area contributed by atoms with E-state index in [1.807, 2.05) is 6.07 Å². The summed E-state index contributed by atoms with van der Waals surface area (Å²) in [4.78, 5) is 0. The number of hydrogen-bond donors (Lipinski definition) is 1. The van der Waals surface area contributed by atoms with E-state index in [9.17, 15) is 0 Å². The molecule has 2 aromatic rings. The van der Waals surface area contributed by atoms with Crippen LogP contribution in [0.15, 0.2) is 12.1 Å². The minimum atomic E-state index is 0.401. The molecule has 0 atom stereocenters. The summed E-state index contributed by atoms with van der Waals surface area (Å²) in [6.45, 7) is 6.34. The van der Waals surface area contributed by atoms with E-state index in [1.54, 1.807) is 0 Å². The van der Waals surface area contributed by atoms with E-state index >= 15 is 0 Å². The van der Waals surface area contributed by atoms with Crippen LogP contribution in [0.5, 0.6) is 0 Å². The zero-order valence-corrected chi connectivity index (χ0v) is 9.13. The minimum Gasteiger partial charge on any atom is -0.276 e. The van der Waals surface area contributed by atoms with Crippen molar-refractivity contribution in [3.05, 3.63) is 29.0 Å². The van der Waals surface area contributed by atoms with Crippen LogP contribution < -0.4 is 0 Å². The Balaban J connectivity index is 2.90. The van der Waals surface area contributed by atoms with Gasteiger partial charge in [0.25, 0.3) is 0 Å². The highest BCUT2D eigenvalue weighted by Gasteiger charge is 2.14. The topological polar surface area (TPSA) is 52.5 Å². The van der Waals surface area contributed by atoms with Gasteiger partial charge >= 0.3 is 0 Å². The molecule has 15 heavy (non-hydrogen) atoms. The summed E-state index contributed by atoms with van der Waals surface area (Å²) < 4.78 is 0. The number of aryl methyl sites for hydroxylation is 1. The molecule has 0 bridgehead atoms. The van der Waals surface area contributed by atoms with E-state index in [0.29, 0.717) is 11.6 Å². The van der Waals surface area contributed by atoms with E-state index in [1.165, 1.54) is 11.1 Å². The summed E-state index contributed by atoms with van der Waals surface area (Å²) in [5.74, 6) is 0.401. The molecule has 0 radical (unpaired) electrons. The Morgan fingerprint density at radius 1 is 1.40 bits per heavy atom. The van der Waals surface area contributed by atoms with Gasteiger partial charge in [-0.05, 0) is 30.0 Å². The van der Waals surface area contributed by atoms with Crippen molar-refractivity contribution in [3.63, 3.8) is 0 Å². The van der Waals surface area contributed by atoms with Crippen molar-refractivity contribution < 1.29 is 0 Å². The average Bonchev–Trinajstić information content (AvgIpc) is 2.59. The first-order valence-corrected chi connectivity index (χ1v) is 5.02. The molecule has 1 N–H and O–H groups in total. The summed E-state index contributed by atoms with van der Waals surface area (Å²) in [6.07, 6.45) is 0. The third-order valence-corrected chi connectivity index (χ3v) is 2.67. The molecule has 0 fully saturated rings. The van der Waals surface area contributed by atoms with Crippen molar-refractivity contribution >= 4 is 10.9 Å². The molecule has 1 aromatic heterocycles. The Morgan fingerprint density at radius 2 is 2.13 bits per heavy atom. The monoisotopic (exact) mass is 199 g/mol. The zero-order chi connectivity index (χ0) is 11.0. The summed E-state index contributed by atoms with van der Waals surface area (Å²) in [5.41, 5.74) is 3.88. The van der Waals surface area contributed by atoms with Crippen LogP contribution in [-0.2, 0) is 0 Å².